The predicted octanol–water partition coefficient (Wildman–Crippen LogP) is 1.07. The van der Waals surface area contributed by atoms with Gasteiger partial charge in [0.05, 0.1) is 24.0 Å². The number of aromatic nitrogens is 2. The number of rotatable bonds is 5. The first-order valence-electron chi connectivity index (χ1n) is 5.27. The van der Waals surface area contributed by atoms with E-state index in [0.29, 0.717) is 6.04 Å². The van der Waals surface area contributed by atoms with E-state index in [-0.39, 0.29) is 6.61 Å². The van der Waals surface area contributed by atoms with Crippen molar-refractivity contribution in [2.24, 2.45) is 0 Å². The second kappa shape index (κ2) is 5.19. The highest BCUT2D eigenvalue weighted by atomic mass is 16.3. The fourth-order valence-electron chi connectivity index (χ4n) is 1.43. The molecule has 1 heterocycles. The molecule has 1 rings (SSSR count). The first-order valence-corrected chi connectivity index (χ1v) is 5.27. The van der Waals surface area contributed by atoms with E-state index >= 15 is 0 Å². The van der Waals surface area contributed by atoms with Gasteiger partial charge in [-0.25, -0.2) is 0 Å². The molecule has 0 aromatic carbocycles. The molecule has 2 unspecified atom stereocenters. The van der Waals surface area contributed by atoms with Crippen LogP contribution in [0.3, 0.4) is 0 Å². The molecule has 1 aromatic heterocycles. The van der Waals surface area contributed by atoms with Crippen molar-refractivity contribution in [3.05, 3.63) is 24.3 Å². The van der Waals surface area contributed by atoms with Crippen LogP contribution in [0.25, 0.3) is 0 Å². The summed E-state index contributed by atoms with van der Waals surface area (Å²) in [6.45, 7) is 6.13. The van der Waals surface area contributed by atoms with Crippen LogP contribution in [0.15, 0.2) is 18.6 Å². The summed E-state index contributed by atoms with van der Waals surface area (Å²) in [5.41, 5.74) is 0.261. The Morgan fingerprint density at radius 3 is 2.73 bits per heavy atom. The molecule has 0 spiro atoms. The van der Waals surface area contributed by atoms with Crippen molar-refractivity contribution >= 4 is 0 Å². The van der Waals surface area contributed by atoms with Crippen LogP contribution in [0.2, 0.25) is 0 Å². The van der Waals surface area contributed by atoms with Gasteiger partial charge in [-0.3, -0.25) is 9.97 Å². The van der Waals surface area contributed by atoms with Crippen molar-refractivity contribution < 1.29 is 5.11 Å². The predicted molar refractivity (Wildman–Crippen MR) is 59.4 cm³/mol. The lowest BCUT2D eigenvalue weighted by Gasteiger charge is -2.31. The number of hydrogen-bond donors (Lipinski definition) is 2. The number of hydrogen-bond acceptors (Lipinski definition) is 4. The van der Waals surface area contributed by atoms with Crippen molar-refractivity contribution in [3.63, 3.8) is 0 Å². The minimum absolute atomic E-state index is 0.00995. The Morgan fingerprint density at radius 1 is 1.53 bits per heavy atom. The smallest absolute Gasteiger partial charge is 0.0831 e. The molecule has 0 aliphatic heterocycles. The van der Waals surface area contributed by atoms with Crippen LogP contribution < -0.4 is 5.32 Å². The quantitative estimate of drug-likeness (QED) is 0.761. The van der Waals surface area contributed by atoms with Gasteiger partial charge in [-0.2, -0.15) is 0 Å². The zero-order chi connectivity index (χ0) is 11.3. The Bertz CT molecular complexity index is 291. The van der Waals surface area contributed by atoms with Crippen LogP contribution in [0, 0.1) is 0 Å². The minimum atomic E-state index is -0.510. The van der Waals surface area contributed by atoms with Crippen molar-refractivity contribution in [1.29, 1.82) is 0 Å². The third-order valence-electron chi connectivity index (χ3n) is 2.62. The molecule has 1 aromatic rings. The molecule has 0 aliphatic rings. The van der Waals surface area contributed by atoms with Gasteiger partial charge < -0.3 is 10.4 Å². The molecule has 0 saturated heterocycles. The van der Waals surface area contributed by atoms with Crippen LogP contribution in [-0.2, 0) is 5.54 Å². The highest BCUT2D eigenvalue weighted by Gasteiger charge is 2.28. The molecule has 4 nitrogen and oxygen atoms in total. The summed E-state index contributed by atoms with van der Waals surface area (Å²) in [5, 5.41) is 12.8. The average molecular weight is 209 g/mol. The van der Waals surface area contributed by atoms with E-state index in [1.807, 2.05) is 6.92 Å². The molecular formula is C11H19N3O. The molecule has 84 valence electrons. The fraction of sp³-hybridized carbons (Fsp3) is 0.636. The maximum absolute atomic E-state index is 9.45. The normalized spacial score (nSPS) is 17.1. The molecular weight excluding hydrogens is 190 g/mol. The van der Waals surface area contributed by atoms with E-state index in [4.69, 9.17) is 0 Å². The van der Waals surface area contributed by atoms with E-state index in [0.717, 1.165) is 12.1 Å². The summed E-state index contributed by atoms with van der Waals surface area (Å²) >= 11 is 0. The average Bonchev–Trinajstić information content (AvgIpc) is 2.30. The van der Waals surface area contributed by atoms with Crippen LogP contribution >= 0.6 is 0 Å². The third-order valence-corrected chi connectivity index (χ3v) is 2.62. The lowest BCUT2D eigenvalue weighted by atomic mass is 9.97. The molecule has 0 aliphatic carbocycles. The van der Waals surface area contributed by atoms with Gasteiger partial charge in [-0.1, -0.05) is 6.92 Å². The Kier molecular flexibility index (Phi) is 4.17. The zero-order valence-electron chi connectivity index (χ0n) is 9.57. The molecule has 0 fully saturated rings. The van der Waals surface area contributed by atoms with Crippen LogP contribution in [0.1, 0.15) is 32.9 Å². The van der Waals surface area contributed by atoms with E-state index < -0.39 is 5.54 Å². The van der Waals surface area contributed by atoms with Crippen LogP contribution in [0.5, 0.6) is 0 Å². The molecule has 0 radical (unpaired) electrons. The fourth-order valence-corrected chi connectivity index (χ4v) is 1.43. The molecule has 0 saturated carbocycles. The second-order valence-corrected chi connectivity index (χ2v) is 4.03. The van der Waals surface area contributed by atoms with Gasteiger partial charge in [0.25, 0.3) is 0 Å². The van der Waals surface area contributed by atoms with Gasteiger partial charge in [-0.05, 0) is 20.3 Å². The summed E-state index contributed by atoms with van der Waals surface area (Å²) in [7, 11) is 0. The van der Waals surface area contributed by atoms with E-state index in [9.17, 15) is 5.11 Å². The van der Waals surface area contributed by atoms with Gasteiger partial charge >= 0.3 is 0 Å². The third kappa shape index (κ3) is 2.97. The van der Waals surface area contributed by atoms with Gasteiger partial charge in [0.1, 0.15) is 0 Å². The summed E-state index contributed by atoms with van der Waals surface area (Å²) in [4.78, 5) is 8.24. The highest BCUT2D eigenvalue weighted by molar-refractivity contribution is 5.10. The molecule has 0 amide bonds. The number of nitrogens with zero attached hydrogens (tertiary/aromatic N) is 2. The number of aliphatic hydroxyl groups excluding tert-OH is 1. The minimum Gasteiger partial charge on any atom is -0.394 e. The van der Waals surface area contributed by atoms with Crippen molar-refractivity contribution in [2.75, 3.05) is 6.61 Å². The summed E-state index contributed by atoms with van der Waals surface area (Å²) in [6, 6.07) is 0.337. The van der Waals surface area contributed by atoms with Gasteiger partial charge in [-0.15, -0.1) is 0 Å². The number of aliphatic hydroxyl groups is 1. The SMILES string of the molecule is CCC(C)NC(C)(CO)c1cnccn1. The van der Waals surface area contributed by atoms with Gasteiger partial charge in [0.2, 0.25) is 0 Å². The standard InChI is InChI=1S/C11H19N3O/c1-4-9(2)14-11(3,8-15)10-7-12-5-6-13-10/h5-7,9,14-15H,4,8H2,1-3H3. The van der Waals surface area contributed by atoms with Crippen LogP contribution in [0.4, 0.5) is 0 Å². The largest absolute Gasteiger partial charge is 0.394 e. The maximum Gasteiger partial charge on any atom is 0.0831 e. The first kappa shape index (κ1) is 12.1. The van der Waals surface area contributed by atoms with Crippen molar-refractivity contribution in [2.45, 2.75) is 38.8 Å². The zero-order valence-corrected chi connectivity index (χ0v) is 9.57. The molecule has 2 atom stereocenters. The lowest BCUT2D eigenvalue weighted by molar-refractivity contribution is 0.158. The summed E-state index contributed by atoms with van der Waals surface area (Å²) in [5.74, 6) is 0. The summed E-state index contributed by atoms with van der Waals surface area (Å²) in [6.07, 6.45) is 5.97. The molecule has 2 N–H and O–H groups in total. The van der Waals surface area contributed by atoms with E-state index in [1.54, 1.807) is 18.6 Å². The Balaban J connectivity index is 2.85. The Labute approximate surface area is 90.8 Å². The van der Waals surface area contributed by atoms with E-state index in [1.165, 1.54) is 0 Å². The Morgan fingerprint density at radius 2 is 2.27 bits per heavy atom. The summed E-state index contributed by atoms with van der Waals surface area (Å²) < 4.78 is 0. The van der Waals surface area contributed by atoms with Crippen molar-refractivity contribution in [3.8, 4) is 0 Å². The maximum atomic E-state index is 9.45. The van der Waals surface area contributed by atoms with Crippen LogP contribution in [-0.4, -0.2) is 27.7 Å². The molecule has 15 heavy (non-hydrogen) atoms. The van der Waals surface area contributed by atoms with Gasteiger partial charge in [0, 0.05) is 18.4 Å². The highest BCUT2D eigenvalue weighted by Crippen LogP contribution is 2.17. The lowest BCUT2D eigenvalue weighted by Crippen LogP contribution is -2.47. The van der Waals surface area contributed by atoms with Gasteiger partial charge in [0.15, 0.2) is 0 Å². The number of nitrogens with one attached hydrogen (secondary N) is 1. The second-order valence-electron chi connectivity index (χ2n) is 4.03. The monoisotopic (exact) mass is 209 g/mol. The molecule has 4 heteroatoms. The molecule has 0 bridgehead atoms. The first-order chi connectivity index (χ1) is 7.12. The Hall–Kier alpha value is -1.00. The topological polar surface area (TPSA) is 58.0 Å². The van der Waals surface area contributed by atoms with E-state index in [2.05, 4.69) is 29.1 Å². The van der Waals surface area contributed by atoms with Crippen molar-refractivity contribution in [1.82, 2.24) is 15.3 Å².